The van der Waals surface area contributed by atoms with Gasteiger partial charge >= 0.3 is 0 Å². The third-order valence-corrected chi connectivity index (χ3v) is 8.13. The molecule has 0 bridgehead atoms. The van der Waals surface area contributed by atoms with Crippen LogP contribution in [0, 0.1) is 17.1 Å². The van der Waals surface area contributed by atoms with E-state index in [1.54, 1.807) is 16.8 Å². The van der Waals surface area contributed by atoms with Crippen LogP contribution in [0.1, 0.15) is 25.7 Å². The molecule has 3 aromatic rings. The van der Waals surface area contributed by atoms with Gasteiger partial charge in [0.25, 0.3) is 0 Å². The largest absolute Gasteiger partial charge is 0.363 e. The van der Waals surface area contributed by atoms with Crippen molar-refractivity contribution in [3.05, 3.63) is 36.4 Å². The molecule has 0 saturated carbocycles. The molecule has 0 aromatic carbocycles. The molecule has 41 heavy (non-hydrogen) atoms. The van der Waals surface area contributed by atoms with Crippen LogP contribution >= 0.6 is 0 Å². The first-order valence-electron chi connectivity index (χ1n) is 14.3. The molecular formula is C29H39FN10O. The number of carbonyl (C=O) groups excluding carboxylic acids is 1. The number of pyridine rings is 1. The highest BCUT2D eigenvalue weighted by atomic mass is 19.1. The van der Waals surface area contributed by atoms with Crippen molar-refractivity contribution in [2.75, 3.05) is 77.2 Å². The molecular weight excluding hydrogens is 523 g/mol. The standard InChI is InChI=1S/C29H39FN10O/c1-36(2)15-16-37(3)22-9-13-39(14-10-22)29-26(30)28(33-21-7-6-11-38(19-21)20-23(41)17-31)34-27(35-29)24-18-32-40-12-5-4-8-25(24)40/h4-5,8,12,18,21-22H,6-7,9-11,13-16,19-20H2,1-3H3,(H,33,34,35)/t21-/m1/s1. The number of rotatable bonds is 10. The summed E-state index contributed by atoms with van der Waals surface area (Å²) in [4.78, 5) is 29.7. The molecule has 11 nitrogen and oxygen atoms in total. The lowest BCUT2D eigenvalue weighted by Crippen LogP contribution is -2.46. The van der Waals surface area contributed by atoms with Crippen LogP contribution < -0.4 is 10.2 Å². The molecule has 2 aliphatic rings. The lowest BCUT2D eigenvalue weighted by Gasteiger charge is -2.38. The number of nitrogens with zero attached hydrogens (tertiary/aromatic N) is 9. The van der Waals surface area contributed by atoms with E-state index in [0.717, 1.165) is 56.4 Å². The first-order chi connectivity index (χ1) is 19.8. The van der Waals surface area contributed by atoms with Gasteiger partial charge in [-0.25, -0.2) is 14.5 Å². The topological polar surface area (TPSA) is 109 Å². The Hall–Kier alpha value is -3.66. The van der Waals surface area contributed by atoms with E-state index in [4.69, 9.17) is 10.2 Å². The highest BCUT2D eigenvalue weighted by Gasteiger charge is 2.29. The molecule has 3 aromatic heterocycles. The molecule has 12 heteroatoms. The zero-order chi connectivity index (χ0) is 28.9. The fraction of sp³-hybridized carbons (Fsp3) is 0.552. The Morgan fingerprint density at radius 2 is 1.95 bits per heavy atom. The van der Waals surface area contributed by atoms with Gasteiger partial charge in [0, 0.05) is 51.0 Å². The second-order valence-corrected chi connectivity index (χ2v) is 11.4. The first kappa shape index (κ1) is 28.9. The van der Waals surface area contributed by atoms with Gasteiger partial charge in [-0.2, -0.15) is 14.8 Å². The molecule has 0 spiro atoms. The van der Waals surface area contributed by atoms with Crippen molar-refractivity contribution in [1.82, 2.24) is 34.3 Å². The SMILES string of the molecule is CN(C)CCN(C)C1CCN(c2nc(-c3cnn4ccccc34)nc(N[C@@H]3CCCN(CC(=O)C#N)C3)c2F)CC1. The zero-order valence-corrected chi connectivity index (χ0v) is 24.1. The van der Waals surface area contributed by atoms with Crippen molar-refractivity contribution in [3.8, 4) is 17.5 Å². The molecule has 2 aliphatic heterocycles. The Morgan fingerprint density at radius 3 is 2.71 bits per heavy atom. The van der Waals surface area contributed by atoms with Crippen molar-refractivity contribution in [3.63, 3.8) is 0 Å². The molecule has 218 valence electrons. The summed E-state index contributed by atoms with van der Waals surface area (Å²) in [5.74, 6) is -0.0525. The summed E-state index contributed by atoms with van der Waals surface area (Å²) in [6.45, 7) is 4.73. The van der Waals surface area contributed by atoms with Crippen molar-refractivity contribution in [1.29, 1.82) is 5.26 Å². The van der Waals surface area contributed by atoms with Gasteiger partial charge < -0.3 is 20.0 Å². The minimum Gasteiger partial charge on any atom is -0.363 e. The molecule has 1 atom stereocenters. The van der Waals surface area contributed by atoms with Gasteiger partial charge in [0.15, 0.2) is 17.5 Å². The van der Waals surface area contributed by atoms with E-state index in [2.05, 4.69) is 46.3 Å². The summed E-state index contributed by atoms with van der Waals surface area (Å²) in [5.41, 5.74) is 1.58. The average molecular weight is 563 g/mol. The van der Waals surface area contributed by atoms with Crippen LogP contribution in [0.3, 0.4) is 0 Å². The minimum atomic E-state index is -0.465. The first-order valence-corrected chi connectivity index (χ1v) is 14.3. The van der Waals surface area contributed by atoms with Gasteiger partial charge in [-0.05, 0) is 65.5 Å². The Kier molecular flexibility index (Phi) is 9.07. The van der Waals surface area contributed by atoms with E-state index in [0.29, 0.717) is 37.3 Å². The van der Waals surface area contributed by atoms with Gasteiger partial charge in [0.05, 0.1) is 23.8 Å². The quantitative estimate of drug-likeness (QED) is 0.370. The molecule has 0 aliphatic carbocycles. The van der Waals surface area contributed by atoms with Gasteiger partial charge in [0.1, 0.15) is 6.07 Å². The summed E-state index contributed by atoms with van der Waals surface area (Å²) in [6.07, 6.45) is 7.08. The Bertz CT molecular complexity index is 1390. The van der Waals surface area contributed by atoms with Crippen molar-refractivity contribution >= 4 is 22.9 Å². The zero-order valence-electron chi connectivity index (χ0n) is 24.1. The normalized spacial score (nSPS) is 18.8. The Morgan fingerprint density at radius 1 is 1.15 bits per heavy atom. The Balaban J connectivity index is 1.41. The van der Waals surface area contributed by atoms with Gasteiger partial charge in [-0.15, -0.1) is 0 Å². The summed E-state index contributed by atoms with van der Waals surface area (Å²) in [6, 6.07) is 7.80. The maximum Gasteiger partial charge on any atom is 0.245 e. The number of nitrogens with one attached hydrogen (secondary N) is 1. The number of halogens is 1. The maximum absolute atomic E-state index is 16.2. The number of likely N-dealkylation sites (tertiary alicyclic amines) is 1. The fourth-order valence-corrected chi connectivity index (χ4v) is 5.78. The fourth-order valence-electron chi connectivity index (χ4n) is 5.78. The van der Waals surface area contributed by atoms with E-state index in [1.807, 2.05) is 34.2 Å². The number of ketones is 1. The summed E-state index contributed by atoms with van der Waals surface area (Å²) in [7, 11) is 6.33. The highest BCUT2D eigenvalue weighted by molar-refractivity contribution is 5.94. The number of Topliss-reactive ketones (excluding diaryl/α,β-unsaturated/α-hetero) is 1. The summed E-state index contributed by atoms with van der Waals surface area (Å²) in [5, 5.41) is 16.7. The highest BCUT2D eigenvalue weighted by Crippen LogP contribution is 2.32. The van der Waals surface area contributed by atoms with E-state index in [-0.39, 0.29) is 18.4 Å². The van der Waals surface area contributed by atoms with Crippen molar-refractivity contribution in [2.45, 2.75) is 37.8 Å². The number of hydrogen-bond acceptors (Lipinski definition) is 10. The minimum absolute atomic E-state index is 0.0811. The molecule has 0 unspecified atom stereocenters. The van der Waals surface area contributed by atoms with Crippen LogP contribution in [-0.4, -0.2) is 119 Å². The molecule has 0 amide bonds. The van der Waals surface area contributed by atoms with Crippen LogP contribution in [0.5, 0.6) is 0 Å². The number of hydrogen-bond donors (Lipinski definition) is 1. The van der Waals surface area contributed by atoms with Crippen molar-refractivity contribution < 1.29 is 9.18 Å². The van der Waals surface area contributed by atoms with E-state index in [9.17, 15) is 4.79 Å². The van der Waals surface area contributed by atoms with Gasteiger partial charge in [-0.1, -0.05) is 6.07 Å². The van der Waals surface area contributed by atoms with Crippen LogP contribution in [0.15, 0.2) is 30.6 Å². The van der Waals surface area contributed by atoms with Crippen LogP contribution in [0.25, 0.3) is 16.9 Å². The van der Waals surface area contributed by atoms with Gasteiger partial charge in [-0.3, -0.25) is 9.69 Å². The van der Waals surface area contributed by atoms with Crippen LogP contribution in [0.4, 0.5) is 16.0 Å². The monoisotopic (exact) mass is 562 g/mol. The Labute approximate surface area is 240 Å². The van der Waals surface area contributed by atoms with E-state index >= 15 is 4.39 Å². The molecule has 5 rings (SSSR count). The predicted molar refractivity (Wildman–Crippen MR) is 156 cm³/mol. The number of likely N-dealkylation sites (N-methyl/N-ethyl adjacent to an activating group) is 2. The molecule has 2 fully saturated rings. The third-order valence-electron chi connectivity index (χ3n) is 8.13. The summed E-state index contributed by atoms with van der Waals surface area (Å²) < 4.78 is 18.0. The lowest BCUT2D eigenvalue weighted by atomic mass is 10.0. The molecule has 2 saturated heterocycles. The second kappa shape index (κ2) is 12.9. The number of nitriles is 1. The summed E-state index contributed by atoms with van der Waals surface area (Å²) >= 11 is 0. The maximum atomic E-state index is 16.2. The smallest absolute Gasteiger partial charge is 0.245 e. The molecule has 1 N–H and O–H groups in total. The molecule has 0 radical (unpaired) electrons. The third kappa shape index (κ3) is 6.81. The van der Waals surface area contributed by atoms with E-state index in [1.165, 1.54) is 0 Å². The number of aromatic nitrogens is 4. The van der Waals surface area contributed by atoms with Crippen LogP contribution in [0.2, 0.25) is 0 Å². The second-order valence-electron chi connectivity index (χ2n) is 11.4. The molecule has 5 heterocycles. The van der Waals surface area contributed by atoms with Crippen molar-refractivity contribution in [2.24, 2.45) is 0 Å². The number of carbonyl (C=O) groups is 1. The van der Waals surface area contributed by atoms with Gasteiger partial charge in [0.2, 0.25) is 11.6 Å². The lowest BCUT2D eigenvalue weighted by molar-refractivity contribution is -0.115. The van der Waals surface area contributed by atoms with E-state index < -0.39 is 11.6 Å². The van der Waals surface area contributed by atoms with Crippen LogP contribution in [-0.2, 0) is 4.79 Å². The number of anilines is 2. The number of piperidine rings is 2. The number of fused-ring (bicyclic) bond motifs is 1. The predicted octanol–water partition coefficient (Wildman–Crippen LogP) is 2.36. The average Bonchev–Trinajstić information content (AvgIpc) is 3.41.